The molecule has 1 rings (SSSR count). The maximum atomic E-state index is 12.0. The van der Waals surface area contributed by atoms with Crippen molar-refractivity contribution in [3.63, 3.8) is 0 Å². The molecular weight excluding hydrogens is 251 g/mol. The molecule has 1 aromatic rings. The van der Waals surface area contributed by atoms with Gasteiger partial charge in [-0.1, -0.05) is 0 Å². The van der Waals surface area contributed by atoms with Crippen molar-refractivity contribution in [1.29, 1.82) is 0 Å². The van der Waals surface area contributed by atoms with E-state index in [-0.39, 0.29) is 6.42 Å². The van der Waals surface area contributed by atoms with Gasteiger partial charge in [0.1, 0.15) is 0 Å². The Morgan fingerprint density at radius 2 is 2.33 bits per heavy atom. The average molecular weight is 257 g/mol. The molecule has 4 nitrogen and oxygen atoms in total. The first-order chi connectivity index (χ1) is 5.49. The molecule has 0 spiro atoms. The van der Waals surface area contributed by atoms with E-state index in [9.17, 15) is 12.3 Å². The quantitative estimate of drug-likeness (QED) is 0.822. The summed E-state index contributed by atoms with van der Waals surface area (Å²) in [5.41, 5.74) is 0.580. The second-order valence-electron chi connectivity index (χ2n) is 2.19. The van der Waals surface area contributed by atoms with Crippen molar-refractivity contribution in [1.82, 2.24) is 10.2 Å². The summed E-state index contributed by atoms with van der Waals surface area (Å²) in [4.78, 5) is 0. The number of H-pyrrole nitrogens is 1. The summed E-state index contributed by atoms with van der Waals surface area (Å²) in [6.45, 7) is 0. The zero-order valence-electron chi connectivity index (χ0n) is 5.92. The van der Waals surface area contributed by atoms with Crippen LogP contribution < -0.4 is 0 Å². The van der Waals surface area contributed by atoms with E-state index in [1.165, 1.54) is 6.20 Å². The van der Waals surface area contributed by atoms with Gasteiger partial charge in [-0.05, 0) is 15.9 Å². The molecular formula is C5H6BrFN2O2S. The lowest BCUT2D eigenvalue weighted by atomic mass is 10.3. The van der Waals surface area contributed by atoms with Crippen LogP contribution in [-0.4, -0.2) is 24.4 Å². The summed E-state index contributed by atoms with van der Waals surface area (Å²) < 4.78 is 32.9. The Kier molecular flexibility index (Phi) is 2.84. The first-order valence-corrected chi connectivity index (χ1v) is 5.43. The zero-order valence-corrected chi connectivity index (χ0v) is 8.32. The Balaban J connectivity index is 2.61. The number of aromatic nitrogens is 2. The normalized spacial score (nSPS) is 11.8. The van der Waals surface area contributed by atoms with E-state index in [0.29, 0.717) is 10.2 Å². The van der Waals surface area contributed by atoms with E-state index < -0.39 is 16.0 Å². The summed E-state index contributed by atoms with van der Waals surface area (Å²) in [6, 6.07) is 0. The SMILES string of the molecule is O=S(=O)(F)CCc1[nH]ncc1Br. The number of rotatable bonds is 3. The number of hydrogen-bond acceptors (Lipinski definition) is 3. The van der Waals surface area contributed by atoms with Gasteiger partial charge in [-0.25, -0.2) is 0 Å². The molecule has 0 atom stereocenters. The van der Waals surface area contributed by atoms with Crippen molar-refractivity contribution in [3.8, 4) is 0 Å². The summed E-state index contributed by atoms with van der Waals surface area (Å²) in [5, 5.41) is 6.18. The molecule has 1 N–H and O–H groups in total. The predicted octanol–water partition coefficient (Wildman–Crippen LogP) is 1.01. The van der Waals surface area contributed by atoms with Crippen LogP contribution in [0, 0.1) is 0 Å². The minimum atomic E-state index is -4.39. The van der Waals surface area contributed by atoms with Gasteiger partial charge in [-0.2, -0.15) is 13.5 Å². The van der Waals surface area contributed by atoms with Crippen molar-refractivity contribution in [2.75, 3.05) is 5.75 Å². The van der Waals surface area contributed by atoms with Gasteiger partial charge in [0, 0.05) is 6.42 Å². The number of hydrogen-bond donors (Lipinski definition) is 1. The van der Waals surface area contributed by atoms with E-state index >= 15 is 0 Å². The summed E-state index contributed by atoms with van der Waals surface area (Å²) >= 11 is 3.12. The highest BCUT2D eigenvalue weighted by Gasteiger charge is 2.09. The maximum Gasteiger partial charge on any atom is 0.302 e. The van der Waals surface area contributed by atoms with Gasteiger partial charge in [0.25, 0.3) is 0 Å². The lowest BCUT2D eigenvalue weighted by Gasteiger charge is -1.93. The van der Waals surface area contributed by atoms with Crippen LogP contribution in [0.25, 0.3) is 0 Å². The Morgan fingerprint density at radius 3 is 2.75 bits per heavy atom. The van der Waals surface area contributed by atoms with Crippen LogP contribution in [0.5, 0.6) is 0 Å². The van der Waals surface area contributed by atoms with Crippen molar-refractivity contribution in [2.24, 2.45) is 0 Å². The first-order valence-electron chi connectivity index (χ1n) is 3.09. The third-order valence-electron chi connectivity index (χ3n) is 1.26. The van der Waals surface area contributed by atoms with E-state index in [4.69, 9.17) is 0 Å². The second kappa shape index (κ2) is 3.53. The molecule has 0 amide bonds. The minimum Gasteiger partial charge on any atom is -0.281 e. The van der Waals surface area contributed by atoms with Gasteiger partial charge < -0.3 is 0 Å². The van der Waals surface area contributed by atoms with E-state index in [0.717, 1.165) is 0 Å². The second-order valence-corrected chi connectivity index (χ2v) is 4.53. The fourth-order valence-electron chi connectivity index (χ4n) is 0.697. The molecule has 68 valence electrons. The average Bonchev–Trinajstić information content (AvgIpc) is 2.29. The molecule has 0 radical (unpaired) electrons. The van der Waals surface area contributed by atoms with E-state index in [2.05, 4.69) is 26.1 Å². The minimum absolute atomic E-state index is 0.0966. The molecule has 7 heteroatoms. The predicted molar refractivity (Wildman–Crippen MR) is 44.9 cm³/mol. The van der Waals surface area contributed by atoms with Crippen LogP contribution in [0.4, 0.5) is 3.89 Å². The van der Waals surface area contributed by atoms with E-state index in [1.807, 2.05) is 0 Å². The van der Waals surface area contributed by atoms with Crippen LogP contribution in [0.3, 0.4) is 0 Å². The molecule has 0 saturated carbocycles. The molecule has 0 aliphatic rings. The molecule has 0 bridgehead atoms. The van der Waals surface area contributed by atoms with Gasteiger partial charge in [-0.3, -0.25) is 5.10 Å². The molecule has 1 aromatic heterocycles. The topological polar surface area (TPSA) is 62.8 Å². The zero-order chi connectivity index (χ0) is 9.19. The molecule has 0 unspecified atom stereocenters. The van der Waals surface area contributed by atoms with Crippen LogP contribution >= 0.6 is 15.9 Å². The van der Waals surface area contributed by atoms with Crippen molar-refractivity contribution in [3.05, 3.63) is 16.4 Å². The molecule has 0 aliphatic carbocycles. The van der Waals surface area contributed by atoms with Crippen LogP contribution in [-0.2, 0) is 16.6 Å². The lowest BCUT2D eigenvalue weighted by Crippen LogP contribution is -2.02. The highest BCUT2D eigenvalue weighted by molar-refractivity contribution is 9.10. The number of nitrogens with zero attached hydrogens (tertiary/aromatic N) is 1. The monoisotopic (exact) mass is 256 g/mol. The number of aryl methyl sites for hydroxylation is 1. The maximum absolute atomic E-state index is 12.0. The van der Waals surface area contributed by atoms with Crippen LogP contribution in [0.2, 0.25) is 0 Å². The molecule has 0 fully saturated rings. The van der Waals surface area contributed by atoms with E-state index in [1.54, 1.807) is 0 Å². The molecule has 0 aromatic carbocycles. The fraction of sp³-hybridized carbons (Fsp3) is 0.400. The number of halogens is 2. The van der Waals surface area contributed by atoms with Gasteiger partial charge >= 0.3 is 10.2 Å². The lowest BCUT2D eigenvalue weighted by molar-refractivity contribution is 0.551. The fourth-order valence-corrected chi connectivity index (χ4v) is 1.53. The summed E-state index contributed by atoms with van der Waals surface area (Å²) in [6.07, 6.45) is 1.58. The highest BCUT2D eigenvalue weighted by Crippen LogP contribution is 2.13. The van der Waals surface area contributed by atoms with Crippen molar-refractivity contribution < 1.29 is 12.3 Å². The molecule has 1 heterocycles. The Morgan fingerprint density at radius 1 is 1.67 bits per heavy atom. The number of aromatic amines is 1. The third kappa shape index (κ3) is 2.90. The van der Waals surface area contributed by atoms with Gasteiger partial charge in [0.05, 0.1) is 22.1 Å². The Labute approximate surface area is 77.5 Å². The van der Waals surface area contributed by atoms with Gasteiger partial charge in [0.15, 0.2) is 0 Å². The van der Waals surface area contributed by atoms with Gasteiger partial charge in [-0.15, -0.1) is 3.89 Å². The Bertz CT molecular complexity index is 361. The smallest absolute Gasteiger partial charge is 0.281 e. The molecule has 0 aliphatic heterocycles. The first kappa shape index (κ1) is 9.66. The highest BCUT2D eigenvalue weighted by atomic mass is 79.9. The largest absolute Gasteiger partial charge is 0.302 e. The molecule has 0 saturated heterocycles. The molecule has 12 heavy (non-hydrogen) atoms. The Hall–Kier alpha value is -0.430. The van der Waals surface area contributed by atoms with Gasteiger partial charge in [0.2, 0.25) is 0 Å². The van der Waals surface area contributed by atoms with Crippen LogP contribution in [0.15, 0.2) is 10.7 Å². The van der Waals surface area contributed by atoms with Crippen LogP contribution in [0.1, 0.15) is 5.69 Å². The summed E-state index contributed by atoms with van der Waals surface area (Å²) in [5.74, 6) is -0.520. The number of nitrogens with one attached hydrogen (secondary N) is 1. The summed E-state index contributed by atoms with van der Waals surface area (Å²) in [7, 11) is -4.39. The van der Waals surface area contributed by atoms with Crippen molar-refractivity contribution in [2.45, 2.75) is 6.42 Å². The third-order valence-corrected chi connectivity index (χ3v) is 2.64. The standard InChI is InChI=1S/C5H6BrFN2O2S/c6-4-3-8-9-5(4)1-2-12(7,10)11/h3H,1-2H2,(H,8,9). The van der Waals surface area contributed by atoms with Crippen molar-refractivity contribution >= 4 is 26.2 Å².